The minimum atomic E-state index is -0.964. The van der Waals surface area contributed by atoms with Crippen LogP contribution < -0.4 is 4.74 Å². The topological polar surface area (TPSA) is 101 Å². The maximum atomic E-state index is 11.0. The summed E-state index contributed by atoms with van der Waals surface area (Å²) in [7, 11) is 0. The standard InChI is InChI=1S/C36H26O8/c37-23-42-31-19-11-27(12-20-31)4-3-26-9-17-30(18-10-26)35-40-22-33-36(44-35)41-21-32(43-33)28-13-5-24(6-14-28)1-2-25-7-15-29(16-8-25)34(38)39/h5-20,23,32-33,35-36H,21-22H2,(H,38,39). The van der Waals surface area contributed by atoms with Crippen molar-refractivity contribution < 1.29 is 38.4 Å². The SMILES string of the molecule is O=COc1ccc(C#Cc2ccc(C3OCC4OC(c5ccc(C#Cc6ccc(C(=O)O)cc6)cc5)COC4O3)cc2)cc1. The van der Waals surface area contributed by atoms with Crippen molar-refractivity contribution in [2.45, 2.75) is 24.8 Å². The van der Waals surface area contributed by atoms with E-state index in [1.54, 1.807) is 36.4 Å². The monoisotopic (exact) mass is 586 g/mol. The summed E-state index contributed by atoms with van der Waals surface area (Å²) in [5, 5.41) is 9.03. The number of ether oxygens (including phenoxy) is 5. The zero-order valence-electron chi connectivity index (χ0n) is 23.3. The Kier molecular flexibility index (Phi) is 8.79. The zero-order chi connectivity index (χ0) is 30.3. The van der Waals surface area contributed by atoms with Crippen LogP contribution in [0.25, 0.3) is 0 Å². The maximum Gasteiger partial charge on any atom is 0.335 e. The number of rotatable bonds is 5. The molecule has 2 aliphatic heterocycles. The second kappa shape index (κ2) is 13.4. The summed E-state index contributed by atoms with van der Waals surface area (Å²) in [4.78, 5) is 21.4. The summed E-state index contributed by atoms with van der Waals surface area (Å²) in [6.45, 7) is 1.05. The molecule has 218 valence electrons. The fourth-order valence-corrected chi connectivity index (χ4v) is 4.70. The van der Waals surface area contributed by atoms with Gasteiger partial charge < -0.3 is 28.8 Å². The van der Waals surface area contributed by atoms with E-state index in [0.717, 1.165) is 33.4 Å². The highest BCUT2D eigenvalue weighted by Gasteiger charge is 2.40. The van der Waals surface area contributed by atoms with E-state index in [-0.39, 0.29) is 17.8 Å². The molecular formula is C36H26O8. The predicted octanol–water partition coefficient (Wildman–Crippen LogP) is 5.25. The molecular weight excluding hydrogens is 560 g/mol. The van der Waals surface area contributed by atoms with Crippen LogP contribution in [0.1, 0.15) is 56.1 Å². The summed E-state index contributed by atoms with van der Waals surface area (Å²) in [5.74, 6) is 11.9. The van der Waals surface area contributed by atoms with Crippen molar-refractivity contribution in [3.8, 4) is 29.4 Å². The van der Waals surface area contributed by atoms with E-state index in [4.69, 9.17) is 28.8 Å². The quantitative estimate of drug-likeness (QED) is 0.250. The number of carboxylic acid groups (broad SMARTS) is 1. The van der Waals surface area contributed by atoms with Crippen molar-refractivity contribution >= 4 is 12.4 Å². The van der Waals surface area contributed by atoms with Crippen LogP contribution in [-0.2, 0) is 23.7 Å². The number of aromatic carboxylic acids is 1. The molecule has 4 aromatic carbocycles. The van der Waals surface area contributed by atoms with Gasteiger partial charge in [0.15, 0.2) is 12.6 Å². The molecule has 2 heterocycles. The van der Waals surface area contributed by atoms with Gasteiger partial charge >= 0.3 is 5.97 Å². The number of hydrogen-bond acceptors (Lipinski definition) is 7. The van der Waals surface area contributed by atoms with Crippen molar-refractivity contribution in [1.82, 2.24) is 0 Å². The van der Waals surface area contributed by atoms with Gasteiger partial charge in [-0.25, -0.2) is 4.79 Å². The maximum absolute atomic E-state index is 11.0. The molecule has 0 aliphatic carbocycles. The fraction of sp³-hybridized carbons (Fsp3) is 0.167. The molecule has 0 aromatic heterocycles. The predicted molar refractivity (Wildman–Crippen MR) is 159 cm³/mol. The highest BCUT2D eigenvalue weighted by molar-refractivity contribution is 5.87. The van der Waals surface area contributed by atoms with Crippen molar-refractivity contribution in [2.24, 2.45) is 0 Å². The number of benzene rings is 4. The third-order valence-electron chi connectivity index (χ3n) is 7.06. The molecule has 4 atom stereocenters. The lowest BCUT2D eigenvalue weighted by Crippen LogP contribution is -2.48. The molecule has 4 unspecified atom stereocenters. The lowest BCUT2D eigenvalue weighted by Gasteiger charge is -2.41. The van der Waals surface area contributed by atoms with E-state index in [2.05, 4.69) is 23.7 Å². The molecule has 0 radical (unpaired) electrons. The summed E-state index contributed by atoms with van der Waals surface area (Å²) < 4.78 is 29.2. The van der Waals surface area contributed by atoms with Crippen LogP contribution in [0.4, 0.5) is 0 Å². The summed E-state index contributed by atoms with van der Waals surface area (Å²) in [5.41, 5.74) is 5.24. The molecule has 0 bridgehead atoms. The molecule has 4 aromatic rings. The Morgan fingerprint density at radius 3 is 1.75 bits per heavy atom. The molecule has 2 fully saturated rings. The van der Waals surface area contributed by atoms with E-state index in [1.165, 1.54) is 12.1 Å². The number of carbonyl (C=O) groups is 2. The van der Waals surface area contributed by atoms with Crippen LogP contribution in [0, 0.1) is 23.7 Å². The average Bonchev–Trinajstić information content (AvgIpc) is 3.07. The highest BCUT2D eigenvalue weighted by atomic mass is 16.8. The van der Waals surface area contributed by atoms with Gasteiger partial charge in [-0.05, 0) is 78.4 Å². The van der Waals surface area contributed by atoms with Crippen molar-refractivity contribution in [3.05, 3.63) is 136 Å². The summed E-state index contributed by atoms with van der Waals surface area (Å²) in [6.07, 6.45) is -1.76. The van der Waals surface area contributed by atoms with Crippen molar-refractivity contribution in [3.63, 3.8) is 0 Å². The largest absolute Gasteiger partial charge is 0.478 e. The molecule has 2 aliphatic rings. The minimum absolute atomic E-state index is 0.228. The first-order valence-corrected chi connectivity index (χ1v) is 13.9. The summed E-state index contributed by atoms with van der Waals surface area (Å²) >= 11 is 0. The van der Waals surface area contributed by atoms with E-state index in [9.17, 15) is 9.59 Å². The van der Waals surface area contributed by atoms with Gasteiger partial charge in [0.05, 0.1) is 18.8 Å². The fourth-order valence-electron chi connectivity index (χ4n) is 4.70. The number of carbonyl (C=O) groups excluding carboxylic acids is 1. The third kappa shape index (κ3) is 7.04. The molecule has 0 spiro atoms. The zero-order valence-corrected chi connectivity index (χ0v) is 23.3. The van der Waals surface area contributed by atoms with Crippen molar-refractivity contribution in [1.29, 1.82) is 0 Å². The van der Waals surface area contributed by atoms with Gasteiger partial charge in [-0.1, -0.05) is 47.9 Å². The van der Waals surface area contributed by atoms with Crippen LogP contribution >= 0.6 is 0 Å². The summed E-state index contributed by atoms with van der Waals surface area (Å²) in [6, 6.07) is 28.8. The first-order valence-electron chi connectivity index (χ1n) is 13.9. The Morgan fingerprint density at radius 1 is 0.682 bits per heavy atom. The van der Waals surface area contributed by atoms with Gasteiger partial charge in [-0.2, -0.15) is 0 Å². The molecule has 1 N–H and O–H groups in total. The first-order chi connectivity index (χ1) is 21.5. The van der Waals surface area contributed by atoms with Gasteiger partial charge in [0.2, 0.25) is 0 Å². The number of carboxylic acids is 1. The van der Waals surface area contributed by atoms with Gasteiger partial charge in [-0.3, -0.25) is 4.79 Å². The molecule has 8 nitrogen and oxygen atoms in total. The Hall–Kier alpha value is -5.22. The molecule has 44 heavy (non-hydrogen) atoms. The highest BCUT2D eigenvalue weighted by Crippen LogP contribution is 2.35. The second-order valence-electron chi connectivity index (χ2n) is 10.0. The normalized spacial score (nSPS) is 20.5. The van der Waals surface area contributed by atoms with E-state index < -0.39 is 18.5 Å². The number of hydrogen-bond donors (Lipinski definition) is 1. The van der Waals surface area contributed by atoms with Crippen LogP contribution in [0.5, 0.6) is 5.75 Å². The number of fused-ring (bicyclic) bond motifs is 1. The van der Waals surface area contributed by atoms with Crippen LogP contribution in [0.3, 0.4) is 0 Å². The molecule has 8 heteroatoms. The van der Waals surface area contributed by atoms with Gasteiger partial charge in [0.1, 0.15) is 18.0 Å². The minimum Gasteiger partial charge on any atom is -0.478 e. The van der Waals surface area contributed by atoms with Crippen molar-refractivity contribution in [2.75, 3.05) is 13.2 Å². The molecule has 2 saturated heterocycles. The van der Waals surface area contributed by atoms with E-state index in [0.29, 0.717) is 25.4 Å². The smallest absolute Gasteiger partial charge is 0.335 e. The van der Waals surface area contributed by atoms with E-state index in [1.807, 2.05) is 48.5 Å². The lowest BCUT2D eigenvalue weighted by molar-refractivity contribution is -0.367. The van der Waals surface area contributed by atoms with Crippen LogP contribution in [0.2, 0.25) is 0 Å². The second-order valence-corrected chi connectivity index (χ2v) is 10.0. The van der Waals surface area contributed by atoms with Gasteiger partial charge in [-0.15, -0.1) is 0 Å². The Morgan fingerprint density at radius 2 is 1.20 bits per heavy atom. The lowest BCUT2D eigenvalue weighted by atomic mass is 10.1. The molecule has 6 rings (SSSR count). The first kappa shape index (κ1) is 28.9. The van der Waals surface area contributed by atoms with Gasteiger partial charge in [0, 0.05) is 27.8 Å². The van der Waals surface area contributed by atoms with Gasteiger partial charge in [0.25, 0.3) is 6.47 Å². The van der Waals surface area contributed by atoms with Crippen LogP contribution in [-0.4, -0.2) is 43.2 Å². The molecule has 0 amide bonds. The van der Waals surface area contributed by atoms with Crippen LogP contribution in [0.15, 0.2) is 97.1 Å². The third-order valence-corrected chi connectivity index (χ3v) is 7.06. The average molecular weight is 587 g/mol. The van der Waals surface area contributed by atoms with E-state index >= 15 is 0 Å². The Balaban J connectivity index is 1.01. The Bertz CT molecular complexity index is 1740. The Labute approximate surface area is 254 Å². The molecule has 0 saturated carbocycles.